The molecule has 2 heterocycles. The number of aromatic nitrogens is 2. The van der Waals surface area contributed by atoms with Crippen LogP contribution in [-0.2, 0) is 11.3 Å². The molecule has 0 bridgehead atoms. The molecule has 6 nitrogen and oxygen atoms in total. The third kappa shape index (κ3) is 2.40. The molecule has 1 amide bonds. The number of aromatic amines is 1. The van der Waals surface area contributed by atoms with Gasteiger partial charge in [-0.2, -0.15) is 5.10 Å². The second kappa shape index (κ2) is 4.63. The number of nitrogens with zero attached hydrogens (tertiary/aromatic N) is 1. The Balaban J connectivity index is 1.82. The van der Waals surface area contributed by atoms with E-state index in [0.717, 1.165) is 11.3 Å². The maximum atomic E-state index is 11.7. The Morgan fingerprint density at radius 2 is 2.56 bits per heavy atom. The molecule has 0 spiro atoms. The SMILES string of the molecule is Cc1[nH]ncc1CNC(=O)C1CC(O)CN1. The number of amides is 1. The number of aliphatic hydroxyl groups excluding tert-OH is 1. The van der Waals surface area contributed by atoms with Gasteiger partial charge in [0.15, 0.2) is 0 Å². The van der Waals surface area contributed by atoms with Gasteiger partial charge >= 0.3 is 0 Å². The molecule has 1 aliphatic rings. The zero-order chi connectivity index (χ0) is 11.5. The Hall–Kier alpha value is -1.40. The third-order valence-electron chi connectivity index (χ3n) is 2.81. The summed E-state index contributed by atoms with van der Waals surface area (Å²) >= 11 is 0. The Bertz CT molecular complexity index is 377. The lowest BCUT2D eigenvalue weighted by Crippen LogP contribution is -2.40. The van der Waals surface area contributed by atoms with E-state index in [0.29, 0.717) is 19.5 Å². The fourth-order valence-corrected chi connectivity index (χ4v) is 1.78. The van der Waals surface area contributed by atoms with Gasteiger partial charge in [-0.05, 0) is 13.3 Å². The Kier molecular flexibility index (Phi) is 3.21. The van der Waals surface area contributed by atoms with Gasteiger partial charge in [0.2, 0.25) is 5.91 Å². The number of hydrogen-bond donors (Lipinski definition) is 4. The van der Waals surface area contributed by atoms with Crippen molar-refractivity contribution >= 4 is 5.91 Å². The van der Waals surface area contributed by atoms with Gasteiger partial charge in [0.1, 0.15) is 0 Å². The van der Waals surface area contributed by atoms with Crippen LogP contribution in [0.2, 0.25) is 0 Å². The topological polar surface area (TPSA) is 90.0 Å². The summed E-state index contributed by atoms with van der Waals surface area (Å²) in [6.45, 7) is 2.87. The Morgan fingerprint density at radius 1 is 1.75 bits per heavy atom. The lowest BCUT2D eigenvalue weighted by atomic mass is 10.2. The summed E-state index contributed by atoms with van der Waals surface area (Å²) < 4.78 is 0. The van der Waals surface area contributed by atoms with Gasteiger partial charge in [-0.1, -0.05) is 0 Å². The molecule has 1 fully saturated rings. The van der Waals surface area contributed by atoms with Crippen molar-refractivity contribution in [3.8, 4) is 0 Å². The van der Waals surface area contributed by atoms with E-state index in [1.165, 1.54) is 0 Å². The molecule has 0 aromatic carbocycles. The predicted octanol–water partition coefficient (Wildman–Crippen LogP) is -0.943. The van der Waals surface area contributed by atoms with E-state index in [4.69, 9.17) is 0 Å². The highest BCUT2D eigenvalue weighted by Crippen LogP contribution is 2.07. The van der Waals surface area contributed by atoms with Crippen molar-refractivity contribution in [2.75, 3.05) is 6.54 Å². The molecule has 2 atom stereocenters. The average molecular weight is 224 g/mol. The molecular weight excluding hydrogens is 208 g/mol. The molecule has 4 N–H and O–H groups in total. The van der Waals surface area contributed by atoms with Crippen molar-refractivity contribution < 1.29 is 9.90 Å². The lowest BCUT2D eigenvalue weighted by Gasteiger charge is -2.10. The summed E-state index contributed by atoms with van der Waals surface area (Å²) in [5.74, 6) is -0.0721. The van der Waals surface area contributed by atoms with Crippen molar-refractivity contribution in [3.05, 3.63) is 17.5 Å². The van der Waals surface area contributed by atoms with Gasteiger partial charge in [0.25, 0.3) is 0 Å². The maximum Gasteiger partial charge on any atom is 0.237 e. The summed E-state index contributed by atoms with van der Waals surface area (Å²) in [4.78, 5) is 11.7. The highest BCUT2D eigenvalue weighted by molar-refractivity contribution is 5.82. The number of aliphatic hydroxyl groups is 1. The van der Waals surface area contributed by atoms with Crippen LogP contribution in [0.15, 0.2) is 6.20 Å². The molecule has 1 aromatic heterocycles. The average Bonchev–Trinajstić information content (AvgIpc) is 2.84. The summed E-state index contributed by atoms with van der Waals surface area (Å²) in [5.41, 5.74) is 1.94. The molecule has 0 radical (unpaired) electrons. The van der Waals surface area contributed by atoms with Crippen LogP contribution in [0.1, 0.15) is 17.7 Å². The summed E-state index contributed by atoms with van der Waals surface area (Å²) in [6.07, 6.45) is 1.77. The molecule has 2 rings (SSSR count). The third-order valence-corrected chi connectivity index (χ3v) is 2.81. The summed E-state index contributed by atoms with van der Waals surface area (Å²) in [7, 11) is 0. The van der Waals surface area contributed by atoms with E-state index >= 15 is 0 Å². The fraction of sp³-hybridized carbons (Fsp3) is 0.600. The van der Waals surface area contributed by atoms with Crippen molar-refractivity contribution in [3.63, 3.8) is 0 Å². The van der Waals surface area contributed by atoms with Gasteiger partial charge in [-0.15, -0.1) is 0 Å². The molecule has 88 valence electrons. The van der Waals surface area contributed by atoms with Gasteiger partial charge in [-0.3, -0.25) is 9.89 Å². The monoisotopic (exact) mass is 224 g/mol. The number of β-amino-alcohol motifs (C(OH)–C–C–N with tert-alkyl or cyclic N) is 1. The number of carbonyl (C=O) groups is 1. The van der Waals surface area contributed by atoms with Crippen molar-refractivity contribution in [2.24, 2.45) is 0 Å². The summed E-state index contributed by atoms with van der Waals surface area (Å²) in [6, 6.07) is -0.276. The first-order valence-corrected chi connectivity index (χ1v) is 5.35. The fourth-order valence-electron chi connectivity index (χ4n) is 1.78. The standard InChI is InChI=1S/C10H16N4O2/c1-6-7(4-13-14-6)3-12-10(16)9-2-8(15)5-11-9/h4,8-9,11,15H,2-3,5H2,1H3,(H,12,16)(H,13,14). The van der Waals surface area contributed by atoms with E-state index < -0.39 is 6.10 Å². The number of rotatable bonds is 3. The molecule has 0 saturated carbocycles. The van der Waals surface area contributed by atoms with Crippen LogP contribution in [0.5, 0.6) is 0 Å². The second-order valence-electron chi connectivity index (χ2n) is 4.09. The first kappa shape index (κ1) is 11.1. The van der Waals surface area contributed by atoms with E-state index in [1.807, 2.05) is 6.92 Å². The van der Waals surface area contributed by atoms with Crippen LogP contribution in [0.4, 0.5) is 0 Å². The quantitative estimate of drug-likeness (QED) is 0.533. The highest BCUT2D eigenvalue weighted by atomic mass is 16.3. The van der Waals surface area contributed by atoms with Crippen LogP contribution < -0.4 is 10.6 Å². The Labute approximate surface area is 93.4 Å². The van der Waals surface area contributed by atoms with Crippen LogP contribution in [-0.4, -0.2) is 39.9 Å². The van der Waals surface area contributed by atoms with Gasteiger partial charge in [0, 0.05) is 24.3 Å². The van der Waals surface area contributed by atoms with Crippen molar-refractivity contribution in [2.45, 2.75) is 32.0 Å². The molecular formula is C10H16N4O2. The molecule has 16 heavy (non-hydrogen) atoms. The number of H-pyrrole nitrogens is 1. The Morgan fingerprint density at radius 3 is 3.12 bits per heavy atom. The van der Waals surface area contributed by atoms with Crippen molar-refractivity contribution in [1.82, 2.24) is 20.8 Å². The van der Waals surface area contributed by atoms with E-state index in [2.05, 4.69) is 20.8 Å². The molecule has 2 unspecified atom stereocenters. The van der Waals surface area contributed by atoms with E-state index in [1.54, 1.807) is 6.20 Å². The maximum absolute atomic E-state index is 11.7. The van der Waals surface area contributed by atoms with Gasteiger partial charge in [0.05, 0.1) is 18.3 Å². The molecule has 6 heteroatoms. The minimum absolute atomic E-state index is 0.0721. The largest absolute Gasteiger partial charge is 0.392 e. The second-order valence-corrected chi connectivity index (χ2v) is 4.09. The summed E-state index contributed by atoms with van der Waals surface area (Å²) in [5, 5.41) is 21.8. The molecule has 1 aromatic rings. The van der Waals surface area contributed by atoms with E-state index in [9.17, 15) is 9.90 Å². The number of hydrogen-bond acceptors (Lipinski definition) is 4. The van der Waals surface area contributed by atoms with Crippen LogP contribution >= 0.6 is 0 Å². The number of aryl methyl sites for hydroxylation is 1. The van der Waals surface area contributed by atoms with Crippen LogP contribution in [0.3, 0.4) is 0 Å². The van der Waals surface area contributed by atoms with Gasteiger partial charge in [-0.25, -0.2) is 0 Å². The highest BCUT2D eigenvalue weighted by Gasteiger charge is 2.27. The predicted molar refractivity (Wildman–Crippen MR) is 57.6 cm³/mol. The molecule has 1 aliphatic heterocycles. The van der Waals surface area contributed by atoms with Crippen LogP contribution in [0.25, 0.3) is 0 Å². The lowest BCUT2D eigenvalue weighted by molar-refractivity contribution is -0.123. The number of nitrogens with one attached hydrogen (secondary N) is 3. The van der Waals surface area contributed by atoms with Gasteiger partial charge < -0.3 is 15.7 Å². The molecule has 1 saturated heterocycles. The zero-order valence-electron chi connectivity index (χ0n) is 9.16. The first-order chi connectivity index (χ1) is 7.66. The first-order valence-electron chi connectivity index (χ1n) is 5.35. The van der Waals surface area contributed by atoms with E-state index in [-0.39, 0.29) is 11.9 Å². The minimum Gasteiger partial charge on any atom is -0.392 e. The minimum atomic E-state index is -0.411. The zero-order valence-corrected chi connectivity index (χ0v) is 9.16. The molecule has 0 aliphatic carbocycles. The number of carbonyl (C=O) groups excluding carboxylic acids is 1. The van der Waals surface area contributed by atoms with Crippen molar-refractivity contribution in [1.29, 1.82) is 0 Å². The smallest absolute Gasteiger partial charge is 0.237 e. The normalized spacial score (nSPS) is 24.6. The van der Waals surface area contributed by atoms with Crippen LogP contribution in [0, 0.1) is 6.92 Å².